The number of Topliss-reactive ketones (excluding diaryl/α,β-unsaturated/α-hetero) is 1. The van der Waals surface area contributed by atoms with Crippen LogP contribution < -0.4 is 5.32 Å². The van der Waals surface area contributed by atoms with Gasteiger partial charge in [0, 0.05) is 34.6 Å². The summed E-state index contributed by atoms with van der Waals surface area (Å²) in [4.78, 5) is 36.1. The zero-order chi connectivity index (χ0) is 19.0. The average Bonchev–Trinajstić information content (AvgIpc) is 3.45. The number of carbonyl (C=O) groups excluding carboxylic acids is 2. The fraction of sp³-hybridized carbons (Fsp3) is 0.476. The topological polar surface area (TPSA) is 88.4 Å². The van der Waals surface area contributed by atoms with E-state index in [1.165, 1.54) is 0 Å². The second-order valence-electron chi connectivity index (χ2n) is 7.78. The van der Waals surface area contributed by atoms with Crippen molar-refractivity contribution in [2.45, 2.75) is 51.1 Å². The Morgan fingerprint density at radius 2 is 1.67 bits per heavy atom. The Bertz CT molecular complexity index is 889. The van der Waals surface area contributed by atoms with Crippen LogP contribution in [0.5, 0.6) is 0 Å². The highest BCUT2D eigenvalue weighted by molar-refractivity contribution is 6.10. The van der Waals surface area contributed by atoms with Crippen molar-refractivity contribution in [1.29, 1.82) is 0 Å². The number of amides is 1. The largest absolute Gasteiger partial charge is 0.481 e. The molecule has 1 aromatic carbocycles. The maximum atomic E-state index is 12.6. The van der Waals surface area contributed by atoms with Crippen molar-refractivity contribution in [1.82, 2.24) is 9.88 Å². The minimum atomic E-state index is -0.744. The predicted octanol–water partition coefficient (Wildman–Crippen LogP) is 2.99. The number of benzene rings is 1. The number of rotatable bonds is 6. The summed E-state index contributed by atoms with van der Waals surface area (Å²) in [5.41, 5.74) is 1.61. The van der Waals surface area contributed by atoms with Crippen molar-refractivity contribution in [3.8, 4) is 0 Å². The van der Waals surface area contributed by atoms with E-state index in [1.54, 1.807) is 0 Å². The van der Waals surface area contributed by atoms with Crippen LogP contribution in [-0.2, 0) is 16.1 Å². The van der Waals surface area contributed by atoms with Crippen LogP contribution in [0.1, 0.15) is 48.9 Å². The lowest BCUT2D eigenvalue weighted by atomic mass is 9.86. The molecule has 2 fully saturated rings. The number of fused-ring (bicyclic) bond motifs is 1. The number of aromatic nitrogens is 1. The second kappa shape index (κ2) is 7.18. The first-order valence-corrected chi connectivity index (χ1v) is 9.67. The van der Waals surface area contributed by atoms with E-state index >= 15 is 0 Å². The van der Waals surface area contributed by atoms with Crippen LogP contribution in [0.2, 0.25) is 0 Å². The molecule has 27 heavy (non-hydrogen) atoms. The molecule has 1 heterocycles. The van der Waals surface area contributed by atoms with Crippen molar-refractivity contribution in [2.75, 3.05) is 0 Å². The van der Waals surface area contributed by atoms with E-state index in [0.29, 0.717) is 31.2 Å². The molecule has 0 bridgehead atoms. The van der Waals surface area contributed by atoms with E-state index in [9.17, 15) is 14.4 Å². The minimum absolute atomic E-state index is 0.0301. The molecule has 2 saturated carbocycles. The number of carbonyl (C=O) groups is 3. The first-order valence-electron chi connectivity index (χ1n) is 9.67. The lowest BCUT2D eigenvalue weighted by Gasteiger charge is -2.26. The van der Waals surface area contributed by atoms with Crippen LogP contribution >= 0.6 is 0 Å². The monoisotopic (exact) mass is 368 g/mol. The number of hydrogen-bond donors (Lipinski definition) is 2. The van der Waals surface area contributed by atoms with E-state index in [4.69, 9.17) is 5.11 Å². The Kier molecular flexibility index (Phi) is 4.72. The average molecular weight is 368 g/mol. The number of aliphatic carboxylic acids is 1. The molecule has 2 aromatic rings. The molecule has 2 N–H and O–H groups in total. The Morgan fingerprint density at radius 3 is 2.33 bits per heavy atom. The molecule has 4 rings (SSSR count). The van der Waals surface area contributed by atoms with Gasteiger partial charge in [-0.1, -0.05) is 18.2 Å². The van der Waals surface area contributed by atoms with Gasteiger partial charge in [-0.2, -0.15) is 0 Å². The van der Waals surface area contributed by atoms with Crippen LogP contribution in [0.4, 0.5) is 0 Å². The van der Waals surface area contributed by atoms with Gasteiger partial charge < -0.3 is 15.0 Å². The zero-order valence-electron chi connectivity index (χ0n) is 15.2. The van der Waals surface area contributed by atoms with E-state index in [0.717, 1.165) is 23.7 Å². The molecule has 1 aromatic heterocycles. The van der Waals surface area contributed by atoms with Crippen molar-refractivity contribution >= 4 is 28.6 Å². The maximum absolute atomic E-state index is 12.6. The van der Waals surface area contributed by atoms with Crippen molar-refractivity contribution in [2.24, 2.45) is 11.8 Å². The van der Waals surface area contributed by atoms with E-state index in [1.807, 2.05) is 35.0 Å². The zero-order valence-corrected chi connectivity index (χ0v) is 15.2. The molecule has 0 unspecified atom stereocenters. The molecular formula is C21H24N2O4. The van der Waals surface area contributed by atoms with Crippen LogP contribution in [0.25, 0.3) is 10.9 Å². The molecule has 0 spiro atoms. The van der Waals surface area contributed by atoms with Gasteiger partial charge in [-0.25, -0.2) is 0 Å². The lowest BCUT2D eigenvalue weighted by molar-refractivity contribution is -0.142. The number of nitrogens with one attached hydrogen (secondary N) is 1. The van der Waals surface area contributed by atoms with Gasteiger partial charge in [0.25, 0.3) is 0 Å². The number of carboxylic acid groups (broad SMARTS) is 1. The van der Waals surface area contributed by atoms with E-state index < -0.39 is 5.97 Å². The minimum Gasteiger partial charge on any atom is -0.481 e. The normalized spacial score (nSPS) is 22.5. The molecule has 6 heteroatoms. The smallest absolute Gasteiger partial charge is 0.306 e. The van der Waals surface area contributed by atoms with Crippen LogP contribution in [0.3, 0.4) is 0 Å². The maximum Gasteiger partial charge on any atom is 0.306 e. The fourth-order valence-electron chi connectivity index (χ4n) is 4.05. The third-order valence-electron chi connectivity index (χ3n) is 5.76. The molecule has 6 nitrogen and oxygen atoms in total. The molecule has 142 valence electrons. The summed E-state index contributed by atoms with van der Waals surface area (Å²) >= 11 is 0. The molecule has 1 amide bonds. The van der Waals surface area contributed by atoms with Crippen molar-refractivity contribution < 1.29 is 19.5 Å². The highest BCUT2D eigenvalue weighted by Crippen LogP contribution is 2.35. The fourth-order valence-corrected chi connectivity index (χ4v) is 4.05. The lowest BCUT2D eigenvalue weighted by Crippen LogP contribution is -2.40. The van der Waals surface area contributed by atoms with E-state index in [2.05, 4.69) is 5.32 Å². The molecule has 2 aliphatic rings. The molecule has 2 aliphatic carbocycles. The Balaban J connectivity index is 1.45. The van der Waals surface area contributed by atoms with Crippen LogP contribution in [0.15, 0.2) is 30.5 Å². The standard InChI is InChI=1S/C21H24N2O4/c24-19(22-15-9-7-14(8-10-15)21(26)27)12-23-11-17(20(25)13-5-6-13)16-3-1-2-4-18(16)23/h1-4,11,13-15H,5-10,12H2,(H,22,24)(H,26,27). The number of nitrogens with zero attached hydrogens (tertiary/aromatic N) is 1. The summed E-state index contributed by atoms with van der Waals surface area (Å²) in [7, 11) is 0. The van der Waals surface area contributed by atoms with Gasteiger partial charge >= 0.3 is 5.97 Å². The summed E-state index contributed by atoms with van der Waals surface area (Å²) in [6.07, 6.45) is 6.32. The third kappa shape index (κ3) is 3.75. The molecule has 0 saturated heterocycles. The first-order chi connectivity index (χ1) is 13.0. The summed E-state index contributed by atoms with van der Waals surface area (Å²) < 4.78 is 1.85. The predicted molar refractivity (Wildman–Crippen MR) is 101 cm³/mol. The number of hydrogen-bond acceptors (Lipinski definition) is 3. The number of ketones is 1. The second-order valence-corrected chi connectivity index (χ2v) is 7.78. The van der Waals surface area contributed by atoms with Crippen molar-refractivity contribution in [3.05, 3.63) is 36.0 Å². The van der Waals surface area contributed by atoms with Gasteiger partial charge in [0.2, 0.25) is 5.91 Å². The SMILES string of the molecule is O=C(Cn1cc(C(=O)C2CC2)c2ccccc21)NC1CCC(C(=O)O)CC1. The molecule has 0 radical (unpaired) electrons. The Morgan fingerprint density at radius 1 is 1.00 bits per heavy atom. The first kappa shape index (κ1) is 17.8. The highest BCUT2D eigenvalue weighted by Gasteiger charge is 2.32. The summed E-state index contributed by atoms with van der Waals surface area (Å²) in [5, 5.41) is 13.0. The summed E-state index contributed by atoms with van der Waals surface area (Å²) in [5.74, 6) is -0.811. The van der Waals surface area contributed by atoms with Crippen LogP contribution in [0, 0.1) is 11.8 Å². The van der Waals surface area contributed by atoms with Gasteiger partial charge in [-0.15, -0.1) is 0 Å². The summed E-state index contributed by atoms with van der Waals surface area (Å²) in [6.45, 7) is 0.164. The molecular weight excluding hydrogens is 344 g/mol. The van der Waals surface area contributed by atoms with Gasteiger partial charge in [0.1, 0.15) is 6.54 Å². The number of carboxylic acids is 1. The summed E-state index contributed by atoms with van der Waals surface area (Å²) in [6, 6.07) is 7.73. The Labute approximate surface area is 157 Å². The van der Waals surface area contributed by atoms with Gasteiger partial charge in [-0.3, -0.25) is 14.4 Å². The number of para-hydroxylation sites is 1. The van der Waals surface area contributed by atoms with Gasteiger partial charge in [0.05, 0.1) is 5.92 Å². The highest BCUT2D eigenvalue weighted by atomic mass is 16.4. The Hall–Kier alpha value is -2.63. The van der Waals surface area contributed by atoms with E-state index in [-0.39, 0.29) is 36.1 Å². The quantitative estimate of drug-likeness (QED) is 0.767. The third-order valence-corrected chi connectivity index (χ3v) is 5.76. The van der Waals surface area contributed by atoms with Gasteiger partial charge in [-0.05, 0) is 44.6 Å². The molecule has 0 aliphatic heterocycles. The van der Waals surface area contributed by atoms with Crippen LogP contribution in [-0.4, -0.2) is 33.4 Å². The molecule has 0 atom stereocenters. The van der Waals surface area contributed by atoms with Crippen molar-refractivity contribution in [3.63, 3.8) is 0 Å². The van der Waals surface area contributed by atoms with Gasteiger partial charge in [0.15, 0.2) is 5.78 Å².